The van der Waals surface area contributed by atoms with Crippen LogP contribution in [-0.4, -0.2) is 23.0 Å². The third-order valence-corrected chi connectivity index (χ3v) is 4.29. The number of amides is 1. The second-order valence-electron chi connectivity index (χ2n) is 5.06. The fourth-order valence-electron chi connectivity index (χ4n) is 2.34. The van der Waals surface area contributed by atoms with Gasteiger partial charge in [-0.15, -0.1) is 11.3 Å². The molecule has 0 unspecified atom stereocenters. The van der Waals surface area contributed by atoms with Crippen LogP contribution in [0.25, 0.3) is 11.1 Å². The molecule has 3 aromatic rings. The molecule has 1 aromatic carbocycles. The number of hydrogen-bond donors (Lipinski definition) is 2. The number of benzene rings is 1. The molecular weight excluding hydrogens is 310 g/mol. The number of rotatable bonds is 5. The lowest BCUT2D eigenvalue weighted by Crippen LogP contribution is -2.23. The van der Waals surface area contributed by atoms with Gasteiger partial charge in [0.2, 0.25) is 0 Å². The molecule has 0 aliphatic carbocycles. The number of aromatic nitrogens is 2. The summed E-state index contributed by atoms with van der Waals surface area (Å²) in [7, 11) is 1.62. The second kappa shape index (κ2) is 6.66. The largest absolute Gasteiger partial charge is 0.497 e. The summed E-state index contributed by atoms with van der Waals surface area (Å²) in [5.41, 5.74) is 3.25. The van der Waals surface area contributed by atoms with Crippen LogP contribution in [0.4, 0.5) is 0 Å². The highest BCUT2D eigenvalue weighted by molar-refractivity contribution is 7.09. The van der Waals surface area contributed by atoms with Gasteiger partial charge >= 0.3 is 0 Å². The van der Waals surface area contributed by atoms with E-state index in [-0.39, 0.29) is 5.91 Å². The van der Waals surface area contributed by atoms with Gasteiger partial charge in [-0.3, -0.25) is 4.79 Å². The van der Waals surface area contributed by atoms with Crippen LogP contribution in [0.1, 0.15) is 21.1 Å². The van der Waals surface area contributed by atoms with Crippen molar-refractivity contribution in [3.05, 3.63) is 58.3 Å². The minimum absolute atomic E-state index is 0.130. The maximum absolute atomic E-state index is 12.4. The third kappa shape index (κ3) is 3.43. The van der Waals surface area contributed by atoms with E-state index in [1.807, 2.05) is 42.8 Å². The first-order valence-electron chi connectivity index (χ1n) is 7.18. The molecule has 2 heterocycles. The molecule has 0 spiro atoms. The number of methoxy groups -OCH3 is 1. The molecule has 0 fully saturated rings. The highest BCUT2D eigenvalue weighted by Gasteiger charge is 2.14. The summed E-state index contributed by atoms with van der Waals surface area (Å²) in [5.74, 6) is 0.628. The first-order chi connectivity index (χ1) is 11.2. The van der Waals surface area contributed by atoms with Crippen molar-refractivity contribution in [2.75, 3.05) is 7.11 Å². The van der Waals surface area contributed by atoms with Crippen molar-refractivity contribution in [3.63, 3.8) is 0 Å². The first-order valence-corrected chi connectivity index (χ1v) is 8.06. The van der Waals surface area contributed by atoms with E-state index in [1.54, 1.807) is 24.6 Å². The van der Waals surface area contributed by atoms with Crippen molar-refractivity contribution in [3.8, 4) is 16.9 Å². The SMILES string of the molecule is COc1cccc(-c2c[nH]cc2C(=O)NCc2csc(C)n2)c1. The van der Waals surface area contributed by atoms with Crippen LogP contribution in [0.5, 0.6) is 5.75 Å². The van der Waals surface area contributed by atoms with E-state index in [2.05, 4.69) is 15.3 Å². The molecule has 5 nitrogen and oxygen atoms in total. The quantitative estimate of drug-likeness (QED) is 0.755. The van der Waals surface area contributed by atoms with Crippen molar-refractivity contribution in [1.29, 1.82) is 0 Å². The number of carbonyl (C=O) groups excluding carboxylic acids is 1. The first kappa shape index (κ1) is 15.3. The third-order valence-electron chi connectivity index (χ3n) is 3.47. The minimum atomic E-state index is -0.130. The number of hydrogen-bond acceptors (Lipinski definition) is 4. The molecule has 23 heavy (non-hydrogen) atoms. The Hall–Kier alpha value is -2.60. The van der Waals surface area contributed by atoms with Gasteiger partial charge in [0.05, 0.1) is 29.9 Å². The van der Waals surface area contributed by atoms with E-state index in [4.69, 9.17) is 4.74 Å². The van der Waals surface area contributed by atoms with E-state index in [0.29, 0.717) is 12.1 Å². The summed E-state index contributed by atoms with van der Waals surface area (Å²) in [6, 6.07) is 7.64. The van der Waals surface area contributed by atoms with Crippen LogP contribution < -0.4 is 10.1 Å². The zero-order chi connectivity index (χ0) is 16.2. The zero-order valence-corrected chi connectivity index (χ0v) is 13.7. The summed E-state index contributed by atoms with van der Waals surface area (Å²) < 4.78 is 5.24. The Morgan fingerprint density at radius 2 is 2.26 bits per heavy atom. The number of nitrogens with zero attached hydrogens (tertiary/aromatic N) is 1. The van der Waals surface area contributed by atoms with E-state index in [0.717, 1.165) is 27.6 Å². The molecular formula is C17H17N3O2S. The maximum Gasteiger partial charge on any atom is 0.253 e. The number of thiazole rings is 1. The lowest BCUT2D eigenvalue weighted by Gasteiger charge is -2.07. The fraction of sp³-hybridized carbons (Fsp3) is 0.176. The maximum atomic E-state index is 12.4. The Morgan fingerprint density at radius 1 is 1.39 bits per heavy atom. The van der Waals surface area contributed by atoms with E-state index >= 15 is 0 Å². The van der Waals surface area contributed by atoms with E-state index in [1.165, 1.54) is 0 Å². The highest BCUT2D eigenvalue weighted by atomic mass is 32.1. The second-order valence-corrected chi connectivity index (χ2v) is 6.12. The Morgan fingerprint density at radius 3 is 3.00 bits per heavy atom. The van der Waals surface area contributed by atoms with Gasteiger partial charge in [-0.25, -0.2) is 4.98 Å². The average molecular weight is 327 g/mol. The van der Waals surface area contributed by atoms with Crippen LogP contribution in [0.3, 0.4) is 0 Å². The molecule has 2 aromatic heterocycles. The van der Waals surface area contributed by atoms with Gasteiger partial charge in [0.25, 0.3) is 5.91 Å². The van der Waals surface area contributed by atoms with Gasteiger partial charge in [0.15, 0.2) is 0 Å². The summed E-state index contributed by atoms with van der Waals surface area (Å²) in [6.45, 7) is 2.37. The molecule has 0 aliphatic rings. The average Bonchev–Trinajstić information content (AvgIpc) is 3.21. The predicted molar refractivity (Wildman–Crippen MR) is 90.8 cm³/mol. The Kier molecular flexibility index (Phi) is 4.43. The van der Waals surface area contributed by atoms with Crippen LogP contribution in [0.15, 0.2) is 42.0 Å². The molecule has 3 rings (SSSR count). The Balaban J connectivity index is 1.78. The number of nitrogens with one attached hydrogen (secondary N) is 2. The predicted octanol–water partition coefficient (Wildman–Crippen LogP) is 3.39. The van der Waals surface area contributed by atoms with Crippen LogP contribution in [0, 0.1) is 6.92 Å². The van der Waals surface area contributed by atoms with Crippen molar-refractivity contribution in [2.24, 2.45) is 0 Å². The van der Waals surface area contributed by atoms with Crippen molar-refractivity contribution < 1.29 is 9.53 Å². The normalized spacial score (nSPS) is 10.5. The number of aryl methyl sites for hydroxylation is 1. The molecule has 0 saturated heterocycles. The van der Waals surface area contributed by atoms with Crippen molar-refractivity contribution >= 4 is 17.2 Å². The summed E-state index contributed by atoms with van der Waals surface area (Å²) in [4.78, 5) is 19.8. The smallest absolute Gasteiger partial charge is 0.253 e. The fourth-order valence-corrected chi connectivity index (χ4v) is 2.95. The molecule has 0 radical (unpaired) electrons. The zero-order valence-electron chi connectivity index (χ0n) is 12.9. The lowest BCUT2D eigenvalue weighted by atomic mass is 10.0. The lowest BCUT2D eigenvalue weighted by molar-refractivity contribution is 0.0951. The van der Waals surface area contributed by atoms with Gasteiger partial charge in [-0.1, -0.05) is 12.1 Å². The molecule has 6 heteroatoms. The van der Waals surface area contributed by atoms with Gasteiger partial charge in [-0.2, -0.15) is 0 Å². The standard InChI is InChI=1S/C17H17N3O2S/c1-11-20-13(10-23-11)7-19-17(21)16-9-18-8-15(16)12-4-3-5-14(6-12)22-2/h3-6,8-10,18H,7H2,1-2H3,(H,19,21). The van der Waals surface area contributed by atoms with Gasteiger partial charge in [0.1, 0.15) is 5.75 Å². The topological polar surface area (TPSA) is 67.0 Å². The Bertz CT molecular complexity index is 823. The van der Waals surface area contributed by atoms with Crippen molar-refractivity contribution in [2.45, 2.75) is 13.5 Å². The molecule has 0 saturated carbocycles. The molecule has 0 bridgehead atoms. The number of aromatic amines is 1. The highest BCUT2D eigenvalue weighted by Crippen LogP contribution is 2.26. The van der Waals surface area contributed by atoms with Gasteiger partial charge in [-0.05, 0) is 24.6 Å². The summed E-state index contributed by atoms with van der Waals surface area (Å²) in [6.07, 6.45) is 3.52. The summed E-state index contributed by atoms with van der Waals surface area (Å²) >= 11 is 1.58. The summed E-state index contributed by atoms with van der Waals surface area (Å²) in [5, 5.41) is 5.85. The van der Waals surface area contributed by atoms with Crippen LogP contribution in [0.2, 0.25) is 0 Å². The van der Waals surface area contributed by atoms with Crippen LogP contribution in [-0.2, 0) is 6.54 Å². The van der Waals surface area contributed by atoms with Gasteiger partial charge in [0, 0.05) is 23.3 Å². The van der Waals surface area contributed by atoms with E-state index in [9.17, 15) is 4.79 Å². The molecule has 1 amide bonds. The monoisotopic (exact) mass is 327 g/mol. The van der Waals surface area contributed by atoms with E-state index < -0.39 is 0 Å². The number of carbonyl (C=O) groups is 1. The van der Waals surface area contributed by atoms with Gasteiger partial charge < -0.3 is 15.0 Å². The number of H-pyrrole nitrogens is 1. The minimum Gasteiger partial charge on any atom is -0.497 e. The molecule has 118 valence electrons. The van der Waals surface area contributed by atoms with Crippen molar-refractivity contribution in [1.82, 2.24) is 15.3 Å². The van der Waals surface area contributed by atoms with Crippen LogP contribution >= 0.6 is 11.3 Å². The molecule has 0 aliphatic heterocycles. The molecule has 2 N–H and O–H groups in total. The Labute approximate surface area is 138 Å². The number of ether oxygens (including phenoxy) is 1. The molecule has 0 atom stereocenters.